The summed E-state index contributed by atoms with van der Waals surface area (Å²) in [4.78, 5) is 13.7. The number of nitrogens with one attached hydrogen (secondary N) is 2. The van der Waals surface area contributed by atoms with Crippen molar-refractivity contribution < 1.29 is 9.90 Å². The van der Waals surface area contributed by atoms with Gasteiger partial charge in [-0.15, -0.1) is 0 Å². The zero-order chi connectivity index (χ0) is 15.7. The molecule has 5 nitrogen and oxygen atoms in total. The molecule has 0 heterocycles. The van der Waals surface area contributed by atoms with E-state index in [0.717, 1.165) is 25.8 Å². The van der Waals surface area contributed by atoms with Crippen LogP contribution in [-0.2, 0) is 4.79 Å². The molecule has 0 radical (unpaired) electrons. The van der Waals surface area contributed by atoms with E-state index in [1.165, 1.54) is 18.5 Å². The summed E-state index contributed by atoms with van der Waals surface area (Å²) in [6, 6.07) is 0.350. The first-order valence-corrected chi connectivity index (χ1v) is 8.16. The average Bonchev–Trinajstić information content (AvgIpc) is 3.27. The van der Waals surface area contributed by atoms with Gasteiger partial charge in [0.1, 0.15) is 6.73 Å². The Hall–Kier alpha value is -1.07. The number of hydrogen-bond acceptors (Lipinski definition) is 4. The number of nitrogens with zero attached hydrogens (tertiary/aromatic N) is 1. The van der Waals surface area contributed by atoms with Crippen LogP contribution in [0.3, 0.4) is 0 Å². The fraction of sp³-hybridized carbons (Fsp3) is 0.812. The molecule has 1 aliphatic carbocycles. The molecule has 0 bridgehead atoms. The second-order valence-corrected chi connectivity index (χ2v) is 5.80. The van der Waals surface area contributed by atoms with Crippen LogP contribution in [0, 0.1) is 5.92 Å². The molecule has 5 heteroatoms. The fourth-order valence-corrected chi connectivity index (χ4v) is 2.51. The Balaban J connectivity index is 2.74. The lowest BCUT2D eigenvalue weighted by atomic mass is 10.1. The van der Waals surface area contributed by atoms with Gasteiger partial charge in [-0.05, 0) is 38.1 Å². The third kappa shape index (κ3) is 6.48. The number of hydrogen-bond donors (Lipinski definition) is 3. The molecule has 0 spiro atoms. The van der Waals surface area contributed by atoms with Crippen molar-refractivity contribution in [3.05, 3.63) is 11.8 Å². The Bertz CT molecular complexity index is 340. The van der Waals surface area contributed by atoms with Gasteiger partial charge < -0.3 is 20.6 Å². The maximum Gasteiger partial charge on any atom is 0.241 e. The Morgan fingerprint density at radius 3 is 2.62 bits per heavy atom. The molecule has 0 aliphatic heterocycles. The monoisotopic (exact) mass is 297 g/mol. The zero-order valence-electron chi connectivity index (χ0n) is 13.7. The van der Waals surface area contributed by atoms with Gasteiger partial charge in [-0.2, -0.15) is 0 Å². The van der Waals surface area contributed by atoms with Crippen LogP contribution in [0.2, 0.25) is 0 Å². The van der Waals surface area contributed by atoms with Crippen molar-refractivity contribution >= 4 is 5.91 Å². The molecule has 1 unspecified atom stereocenters. The van der Waals surface area contributed by atoms with Gasteiger partial charge in [0.25, 0.3) is 0 Å². The molecule has 1 saturated carbocycles. The molecule has 1 amide bonds. The Kier molecular flexibility index (Phi) is 8.38. The lowest BCUT2D eigenvalue weighted by molar-refractivity contribution is -0.122. The summed E-state index contributed by atoms with van der Waals surface area (Å²) in [5.74, 6) is 0.551. The molecular weight excluding hydrogens is 266 g/mol. The number of likely N-dealkylation sites (N-methyl/N-ethyl adjacent to an activating group) is 1. The fourth-order valence-electron chi connectivity index (χ4n) is 2.51. The number of unbranched alkanes of at least 4 members (excludes halogenated alkanes) is 1. The number of amides is 1. The van der Waals surface area contributed by atoms with Crippen LogP contribution in [0.25, 0.3) is 0 Å². The van der Waals surface area contributed by atoms with E-state index in [9.17, 15) is 4.79 Å². The molecule has 1 aliphatic rings. The molecule has 0 aromatic carbocycles. The minimum Gasteiger partial charge on any atom is -0.376 e. The lowest BCUT2D eigenvalue weighted by Gasteiger charge is -2.30. The van der Waals surface area contributed by atoms with E-state index < -0.39 is 0 Å². The summed E-state index contributed by atoms with van der Waals surface area (Å²) in [5.41, 5.74) is 1.22. The summed E-state index contributed by atoms with van der Waals surface area (Å²) in [6.45, 7) is 5.32. The van der Waals surface area contributed by atoms with Gasteiger partial charge in [0.2, 0.25) is 5.91 Å². The van der Waals surface area contributed by atoms with Crippen LogP contribution in [0.5, 0.6) is 0 Å². The summed E-state index contributed by atoms with van der Waals surface area (Å²) < 4.78 is 0. The summed E-state index contributed by atoms with van der Waals surface area (Å²) in [5, 5.41) is 14.9. The van der Waals surface area contributed by atoms with Gasteiger partial charge in [0.05, 0.1) is 6.54 Å². The third-order valence-corrected chi connectivity index (χ3v) is 3.77. The van der Waals surface area contributed by atoms with E-state index in [1.807, 2.05) is 11.9 Å². The third-order valence-electron chi connectivity index (χ3n) is 3.77. The van der Waals surface area contributed by atoms with E-state index >= 15 is 0 Å². The van der Waals surface area contributed by atoms with Crippen LogP contribution < -0.4 is 10.6 Å². The second-order valence-electron chi connectivity index (χ2n) is 5.80. The highest BCUT2D eigenvalue weighted by Gasteiger charge is 2.34. The Morgan fingerprint density at radius 1 is 1.38 bits per heavy atom. The van der Waals surface area contributed by atoms with Gasteiger partial charge >= 0.3 is 0 Å². The van der Waals surface area contributed by atoms with Crippen molar-refractivity contribution in [2.24, 2.45) is 5.92 Å². The molecule has 3 N–H and O–H groups in total. The van der Waals surface area contributed by atoms with E-state index in [4.69, 9.17) is 5.11 Å². The highest BCUT2D eigenvalue weighted by atomic mass is 16.3. The molecule has 0 aromatic heterocycles. The summed E-state index contributed by atoms with van der Waals surface area (Å²) in [7, 11) is 1.96. The van der Waals surface area contributed by atoms with Crippen LogP contribution >= 0.6 is 0 Å². The van der Waals surface area contributed by atoms with Crippen molar-refractivity contribution in [2.45, 2.75) is 52.0 Å². The van der Waals surface area contributed by atoms with Gasteiger partial charge in [-0.1, -0.05) is 26.3 Å². The molecule has 0 aromatic rings. The Morgan fingerprint density at radius 2 is 2.10 bits per heavy atom. The summed E-state index contributed by atoms with van der Waals surface area (Å²) in [6.07, 6.45) is 8.03. The highest BCUT2D eigenvalue weighted by molar-refractivity contribution is 5.78. The minimum absolute atomic E-state index is 0.146. The largest absolute Gasteiger partial charge is 0.376 e. The molecular formula is C16H31N3O2. The number of allylic oxidation sites excluding steroid dienone is 1. The molecule has 1 atom stereocenters. The van der Waals surface area contributed by atoms with E-state index in [1.54, 1.807) is 0 Å². The molecule has 1 rings (SSSR count). The van der Waals surface area contributed by atoms with Crippen LogP contribution in [0.15, 0.2) is 11.8 Å². The molecule has 122 valence electrons. The standard InChI is InChI=1S/C16H31N3O2/c1-4-6-7-14(19(3)11-15(21)18-12-20)16(13-8-9-13)17-10-5-2/h7,13,16-17,20H,4-6,8-12H2,1-3H3,(H,18,21). The smallest absolute Gasteiger partial charge is 0.241 e. The first kappa shape index (κ1) is 18.0. The van der Waals surface area contributed by atoms with Gasteiger partial charge in [-0.25, -0.2) is 0 Å². The molecule has 1 fully saturated rings. The summed E-state index contributed by atoms with van der Waals surface area (Å²) >= 11 is 0. The van der Waals surface area contributed by atoms with Crippen molar-refractivity contribution in [3.63, 3.8) is 0 Å². The quantitative estimate of drug-likeness (QED) is 0.505. The van der Waals surface area contributed by atoms with Crippen LogP contribution in [0.4, 0.5) is 0 Å². The van der Waals surface area contributed by atoms with Gasteiger partial charge in [0, 0.05) is 18.8 Å². The number of carbonyl (C=O) groups is 1. The van der Waals surface area contributed by atoms with E-state index in [2.05, 4.69) is 30.6 Å². The Labute approximate surface area is 128 Å². The number of carbonyl (C=O) groups excluding carboxylic acids is 1. The van der Waals surface area contributed by atoms with Crippen LogP contribution in [-0.4, -0.2) is 48.8 Å². The number of aliphatic hydroxyl groups excluding tert-OH is 1. The van der Waals surface area contributed by atoms with Gasteiger partial charge in [-0.3, -0.25) is 4.79 Å². The van der Waals surface area contributed by atoms with Gasteiger partial charge in [0.15, 0.2) is 0 Å². The lowest BCUT2D eigenvalue weighted by Crippen LogP contribution is -2.43. The predicted molar refractivity (Wildman–Crippen MR) is 85.7 cm³/mol. The normalized spacial score (nSPS) is 16.7. The number of rotatable bonds is 11. The van der Waals surface area contributed by atoms with E-state index in [0.29, 0.717) is 12.0 Å². The second kappa shape index (κ2) is 9.79. The van der Waals surface area contributed by atoms with Crippen molar-refractivity contribution in [3.8, 4) is 0 Å². The topological polar surface area (TPSA) is 64.6 Å². The molecule has 0 saturated heterocycles. The predicted octanol–water partition coefficient (Wildman–Crippen LogP) is 1.45. The average molecular weight is 297 g/mol. The first-order valence-electron chi connectivity index (χ1n) is 8.16. The van der Waals surface area contributed by atoms with Crippen molar-refractivity contribution in [2.75, 3.05) is 26.9 Å². The zero-order valence-corrected chi connectivity index (χ0v) is 13.7. The maximum absolute atomic E-state index is 11.7. The maximum atomic E-state index is 11.7. The number of aliphatic hydroxyl groups is 1. The highest BCUT2D eigenvalue weighted by Crippen LogP contribution is 2.36. The van der Waals surface area contributed by atoms with Crippen LogP contribution in [0.1, 0.15) is 46.0 Å². The molecule has 21 heavy (non-hydrogen) atoms. The minimum atomic E-state index is -0.305. The van der Waals surface area contributed by atoms with Crippen molar-refractivity contribution in [1.82, 2.24) is 15.5 Å². The van der Waals surface area contributed by atoms with Crippen molar-refractivity contribution in [1.29, 1.82) is 0 Å². The van der Waals surface area contributed by atoms with E-state index in [-0.39, 0.29) is 19.2 Å². The SMILES string of the molecule is CCCC=C(C(NCCC)C1CC1)N(C)CC(=O)NCO. The first-order chi connectivity index (χ1) is 10.1.